The van der Waals surface area contributed by atoms with E-state index >= 15 is 0 Å². The number of imide groups is 1. The van der Waals surface area contributed by atoms with Gasteiger partial charge in [0.25, 0.3) is 0 Å². The van der Waals surface area contributed by atoms with Crippen molar-refractivity contribution in [1.29, 1.82) is 0 Å². The Balaban J connectivity index is 1.50. The van der Waals surface area contributed by atoms with Crippen molar-refractivity contribution < 1.29 is 14.4 Å². The molecule has 1 aliphatic heterocycles. The van der Waals surface area contributed by atoms with Gasteiger partial charge in [0.05, 0.1) is 34.3 Å². The summed E-state index contributed by atoms with van der Waals surface area (Å²) in [5, 5.41) is 3.77. The van der Waals surface area contributed by atoms with E-state index in [4.69, 9.17) is 11.6 Å². The van der Waals surface area contributed by atoms with Crippen LogP contribution >= 0.6 is 22.9 Å². The molecule has 1 N–H and O–H groups in total. The number of nitrogens with one attached hydrogen (secondary N) is 1. The zero-order valence-corrected chi connectivity index (χ0v) is 23.4. The molecule has 8 heteroatoms. The van der Waals surface area contributed by atoms with Gasteiger partial charge in [0.2, 0.25) is 17.7 Å². The van der Waals surface area contributed by atoms with Crippen molar-refractivity contribution in [3.05, 3.63) is 45.9 Å². The highest BCUT2D eigenvalue weighted by molar-refractivity contribution is 7.19. The van der Waals surface area contributed by atoms with Crippen LogP contribution in [-0.4, -0.2) is 27.6 Å². The highest BCUT2D eigenvalue weighted by atomic mass is 35.5. The number of anilines is 1. The number of piperidine rings is 1. The number of fused-ring (bicyclic) bond motifs is 2. The minimum Gasteiger partial charge on any atom is -0.325 e. The minimum atomic E-state index is -0.223. The molecule has 2 fully saturated rings. The topological polar surface area (TPSA) is 79.4 Å². The van der Waals surface area contributed by atoms with Gasteiger partial charge in [-0.25, -0.2) is 0 Å². The van der Waals surface area contributed by atoms with Gasteiger partial charge in [-0.3, -0.25) is 24.3 Å². The Morgan fingerprint density at radius 3 is 2.51 bits per heavy atom. The molecule has 2 unspecified atom stereocenters. The fourth-order valence-corrected chi connectivity index (χ4v) is 7.21. The summed E-state index contributed by atoms with van der Waals surface area (Å²) in [6.07, 6.45) is 4.31. The van der Waals surface area contributed by atoms with Gasteiger partial charge >= 0.3 is 0 Å². The molecule has 0 radical (unpaired) electrons. The predicted molar refractivity (Wildman–Crippen MR) is 148 cm³/mol. The first kappa shape index (κ1) is 25.9. The Bertz CT molecular complexity index is 1410. The van der Waals surface area contributed by atoms with Crippen molar-refractivity contribution in [3.8, 4) is 11.1 Å². The molecule has 2 aromatic heterocycles. The standard InChI is InChI=1S/C29H32ClN3O3S/c1-6-8-16(7-2)26(34)32-24-15(3)11-17(30)12-20(24)19-9-10-31-21-13-18(37-25(19)21)14-33-27(35)22-23(28(33)36)29(22,4)5/h9-13,16,22-23H,6-8,14H2,1-5H3,(H,32,34)/t16-,22?,23?/m1/s1. The Morgan fingerprint density at radius 1 is 1.16 bits per heavy atom. The van der Waals surface area contributed by atoms with Crippen LogP contribution in [0.1, 0.15) is 57.4 Å². The third-order valence-corrected chi connectivity index (χ3v) is 9.37. The Labute approximate surface area is 226 Å². The Morgan fingerprint density at radius 2 is 1.86 bits per heavy atom. The lowest BCUT2D eigenvalue weighted by Crippen LogP contribution is -2.35. The maximum atomic E-state index is 13.1. The van der Waals surface area contributed by atoms with Crippen LogP contribution in [0.2, 0.25) is 5.02 Å². The van der Waals surface area contributed by atoms with Gasteiger partial charge in [0.1, 0.15) is 0 Å². The molecule has 3 amide bonds. The van der Waals surface area contributed by atoms with Gasteiger partial charge in [-0.2, -0.15) is 0 Å². The van der Waals surface area contributed by atoms with Crippen LogP contribution in [0.25, 0.3) is 21.3 Å². The van der Waals surface area contributed by atoms with Crippen LogP contribution in [-0.2, 0) is 20.9 Å². The van der Waals surface area contributed by atoms with E-state index in [9.17, 15) is 14.4 Å². The largest absolute Gasteiger partial charge is 0.325 e. The molecule has 5 rings (SSSR count). The molecular formula is C29H32ClN3O3S. The molecule has 0 bridgehead atoms. The number of amides is 3. The molecule has 3 atom stereocenters. The summed E-state index contributed by atoms with van der Waals surface area (Å²) in [7, 11) is 0. The lowest BCUT2D eigenvalue weighted by molar-refractivity contribution is -0.143. The number of benzene rings is 1. The summed E-state index contributed by atoms with van der Waals surface area (Å²) < 4.78 is 0.930. The first-order valence-electron chi connectivity index (χ1n) is 12.9. The van der Waals surface area contributed by atoms with E-state index in [1.165, 1.54) is 16.2 Å². The van der Waals surface area contributed by atoms with Crippen molar-refractivity contribution in [2.75, 3.05) is 5.32 Å². The van der Waals surface area contributed by atoms with Gasteiger partial charge in [-0.15, -0.1) is 11.3 Å². The number of thiophene rings is 1. The van der Waals surface area contributed by atoms with Crippen molar-refractivity contribution in [1.82, 2.24) is 9.88 Å². The van der Waals surface area contributed by atoms with Gasteiger partial charge in [-0.1, -0.05) is 45.7 Å². The maximum Gasteiger partial charge on any atom is 0.234 e. The summed E-state index contributed by atoms with van der Waals surface area (Å²) >= 11 is 8.00. The molecule has 1 saturated heterocycles. The molecule has 0 spiro atoms. The van der Waals surface area contributed by atoms with E-state index in [2.05, 4.69) is 17.2 Å². The number of carbonyl (C=O) groups is 3. The number of pyridine rings is 1. The molecule has 6 nitrogen and oxygen atoms in total. The monoisotopic (exact) mass is 537 g/mol. The lowest BCUT2D eigenvalue weighted by atomic mass is 9.97. The number of hydrogen-bond donors (Lipinski definition) is 1. The summed E-state index contributed by atoms with van der Waals surface area (Å²) in [6, 6.07) is 7.61. The van der Waals surface area contributed by atoms with E-state index in [0.717, 1.165) is 56.7 Å². The zero-order valence-electron chi connectivity index (χ0n) is 21.9. The number of aromatic nitrogens is 1. The van der Waals surface area contributed by atoms with Crippen LogP contribution < -0.4 is 5.32 Å². The molecule has 1 saturated carbocycles. The quantitative estimate of drug-likeness (QED) is 0.319. The SMILES string of the molecule is CCC[C@@H](CC)C(=O)Nc1c(C)cc(Cl)cc1-c1ccnc2cc(CN3C(=O)C4C(C3=O)C4(C)C)sc12. The summed E-state index contributed by atoms with van der Waals surface area (Å²) in [6.45, 7) is 10.3. The molecule has 1 aromatic carbocycles. The highest BCUT2D eigenvalue weighted by Crippen LogP contribution is 2.63. The van der Waals surface area contributed by atoms with Crippen molar-refractivity contribution in [3.63, 3.8) is 0 Å². The van der Waals surface area contributed by atoms with E-state index in [1.807, 2.05) is 52.0 Å². The fraction of sp³-hybridized carbons (Fsp3) is 0.448. The summed E-state index contributed by atoms with van der Waals surface area (Å²) in [5.74, 6) is -0.560. The molecule has 194 valence electrons. The van der Waals surface area contributed by atoms with Crippen LogP contribution in [0.3, 0.4) is 0 Å². The highest BCUT2D eigenvalue weighted by Gasteiger charge is 2.72. The summed E-state index contributed by atoms with van der Waals surface area (Å²) in [5.41, 5.74) is 3.95. The number of halogens is 1. The van der Waals surface area contributed by atoms with E-state index < -0.39 is 0 Å². The fourth-order valence-electron chi connectivity index (χ4n) is 5.81. The Kier molecular flexibility index (Phi) is 6.65. The Hall–Kier alpha value is -2.77. The molecule has 37 heavy (non-hydrogen) atoms. The molecule has 3 heterocycles. The second-order valence-electron chi connectivity index (χ2n) is 10.9. The molecular weight excluding hydrogens is 506 g/mol. The molecule has 2 aliphatic rings. The van der Waals surface area contributed by atoms with Crippen LogP contribution in [0, 0.1) is 30.1 Å². The van der Waals surface area contributed by atoms with Gasteiger partial charge in [-0.05, 0) is 55.0 Å². The average Bonchev–Trinajstić information content (AvgIpc) is 3.10. The van der Waals surface area contributed by atoms with E-state index in [1.54, 1.807) is 6.20 Å². The van der Waals surface area contributed by atoms with Crippen molar-refractivity contribution >= 4 is 56.6 Å². The first-order chi connectivity index (χ1) is 17.6. The van der Waals surface area contributed by atoms with E-state index in [0.29, 0.717) is 5.02 Å². The maximum absolute atomic E-state index is 13.1. The summed E-state index contributed by atoms with van der Waals surface area (Å²) in [4.78, 5) is 45.7. The third-order valence-electron chi connectivity index (χ3n) is 8.01. The van der Waals surface area contributed by atoms with Crippen molar-refractivity contribution in [2.45, 2.75) is 60.4 Å². The number of nitrogens with zero attached hydrogens (tertiary/aromatic N) is 2. The molecule has 3 aromatic rings. The number of hydrogen-bond acceptors (Lipinski definition) is 5. The van der Waals surface area contributed by atoms with Crippen LogP contribution in [0.5, 0.6) is 0 Å². The molecule has 1 aliphatic carbocycles. The number of likely N-dealkylation sites (tertiary alicyclic amines) is 1. The van der Waals surface area contributed by atoms with Gasteiger partial charge < -0.3 is 5.32 Å². The number of rotatable bonds is 8. The van der Waals surface area contributed by atoms with Gasteiger partial charge in [0.15, 0.2) is 0 Å². The first-order valence-corrected chi connectivity index (χ1v) is 14.1. The zero-order chi connectivity index (χ0) is 26.6. The normalized spacial score (nSPS) is 20.9. The number of carbonyl (C=O) groups excluding carboxylic acids is 3. The second-order valence-corrected chi connectivity index (χ2v) is 12.4. The van der Waals surface area contributed by atoms with Crippen molar-refractivity contribution in [2.24, 2.45) is 23.2 Å². The third kappa shape index (κ3) is 4.36. The van der Waals surface area contributed by atoms with Crippen LogP contribution in [0.15, 0.2) is 30.5 Å². The second kappa shape index (κ2) is 9.52. The minimum absolute atomic E-state index is 0.0146. The van der Waals surface area contributed by atoms with Gasteiger partial charge in [0, 0.05) is 33.1 Å². The predicted octanol–water partition coefficient (Wildman–Crippen LogP) is 6.83. The smallest absolute Gasteiger partial charge is 0.234 e. The van der Waals surface area contributed by atoms with E-state index in [-0.39, 0.29) is 47.4 Å². The number of aryl methyl sites for hydroxylation is 1. The van der Waals surface area contributed by atoms with Crippen LogP contribution in [0.4, 0.5) is 5.69 Å². The average molecular weight is 538 g/mol. The lowest BCUT2D eigenvalue weighted by Gasteiger charge is -2.19.